The lowest BCUT2D eigenvalue weighted by Gasteiger charge is -2.08. The Bertz CT molecular complexity index is 384. The summed E-state index contributed by atoms with van der Waals surface area (Å²) in [4.78, 5) is 0. The molecule has 0 spiro atoms. The van der Waals surface area contributed by atoms with E-state index in [1.165, 1.54) is 13.2 Å². The van der Waals surface area contributed by atoms with E-state index in [4.69, 9.17) is 9.84 Å². The monoisotopic (exact) mass is 224 g/mol. The minimum Gasteiger partial charge on any atom is -0.494 e. The summed E-state index contributed by atoms with van der Waals surface area (Å²) in [6.07, 6.45) is 1.80. The Balaban J connectivity index is 3.01. The predicted octanol–water partition coefficient (Wildman–Crippen LogP) is 2.87. The summed E-state index contributed by atoms with van der Waals surface area (Å²) in [5.74, 6) is 0.0831. The normalized spacial score (nSPS) is 12.0. The number of hydrogen-bond acceptors (Lipinski definition) is 2. The molecule has 0 aromatic heterocycles. The number of ether oxygens (including phenoxy) is 1. The van der Waals surface area contributed by atoms with Crippen molar-refractivity contribution in [2.45, 2.75) is 13.8 Å². The summed E-state index contributed by atoms with van der Waals surface area (Å²) in [5.41, 5.74) is 1.61. The van der Waals surface area contributed by atoms with Crippen LogP contribution >= 0.6 is 0 Å². The third-order valence-corrected chi connectivity index (χ3v) is 2.45. The van der Waals surface area contributed by atoms with E-state index >= 15 is 0 Å². The molecule has 0 aliphatic rings. The van der Waals surface area contributed by atoms with Gasteiger partial charge in [-0.3, -0.25) is 0 Å². The molecule has 0 fully saturated rings. The molecule has 0 radical (unpaired) electrons. The number of halogens is 1. The molecule has 88 valence electrons. The zero-order valence-corrected chi connectivity index (χ0v) is 9.83. The van der Waals surface area contributed by atoms with E-state index < -0.39 is 5.82 Å². The lowest BCUT2D eigenvalue weighted by Crippen LogP contribution is -1.99. The van der Waals surface area contributed by atoms with E-state index in [0.717, 1.165) is 11.1 Å². The van der Waals surface area contributed by atoms with Crippen molar-refractivity contribution in [2.24, 2.45) is 5.92 Å². The van der Waals surface area contributed by atoms with Crippen molar-refractivity contribution in [3.63, 3.8) is 0 Å². The molecule has 3 heteroatoms. The van der Waals surface area contributed by atoms with Gasteiger partial charge < -0.3 is 9.84 Å². The SMILES string of the molecule is COc1ccc(C=C(CO)C(C)C)cc1F. The Labute approximate surface area is 95.4 Å². The molecule has 1 N–H and O–H groups in total. The van der Waals surface area contributed by atoms with Gasteiger partial charge in [-0.1, -0.05) is 26.0 Å². The van der Waals surface area contributed by atoms with Gasteiger partial charge in [0.25, 0.3) is 0 Å². The van der Waals surface area contributed by atoms with E-state index in [1.807, 2.05) is 13.8 Å². The fraction of sp³-hybridized carbons (Fsp3) is 0.385. The molecule has 0 bridgehead atoms. The van der Waals surface area contributed by atoms with Gasteiger partial charge in [0, 0.05) is 0 Å². The van der Waals surface area contributed by atoms with Gasteiger partial charge in [0.1, 0.15) is 0 Å². The molecule has 16 heavy (non-hydrogen) atoms. The summed E-state index contributed by atoms with van der Waals surface area (Å²) in [6.45, 7) is 3.97. The molecular weight excluding hydrogens is 207 g/mol. The summed E-state index contributed by atoms with van der Waals surface area (Å²) >= 11 is 0. The summed E-state index contributed by atoms with van der Waals surface area (Å²) in [6, 6.07) is 4.74. The van der Waals surface area contributed by atoms with E-state index in [-0.39, 0.29) is 18.3 Å². The number of aliphatic hydroxyl groups is 1. The van der Waals surface area contributed by atoms with Crippen LogP contribution in [0.5, 0.6) is 5.75 Å². The maximum absolute atomic E-state index is 13.4. The molecule has 2 nitrogen and oxygen atoms in total. The van der Waals surface area contributed by atoms with E-state index in [2.05, 4.69) is 0 Å². The predicted molar refractivity (Wildman–Crippen MR) is 62.9 cm³/mol. The van der Waals surface area contributed by atoms with Gasteiger partial charge in [-0.05, 0) is 29.2 Å². The molecule has 1 aromatic carbocycles. The van der Waals surface area contributed by atoms with Gasteiger partial charge in [-0.2, -0.15) is 0 Å². The Morgan fingerprint density at radius 2 is 2.19 bits per heavy atom. The van der Waals surface area contributed by atoms with Crippen LogP contribution in [0.4, 0.5) is 4.39 Å². The molecule has 0 aliphatic carbocycles. The van der Waals surface area contributed by atoms with Crippen LogP contribution in [0.2, 0.25) is 0 Å². The van der Waals surface area contributed by atoms with Crippen molar-refractivity contribution in [3.8, 4) is 5.75 Å². The minimum atomic E-state index is -0.391. The lowest BCUT2D eigenvalue weighted by atomic mass is 10.0. The van der Waals surface area contributed by atoms with Crippen LogP contribution in [0, 0.1) is 11.7 Å². The Hall–Kier alpha value is -1.35. The fourth-order valence-electron chi connectivity index (χ4n) is 1.38. The topological polar surface area (TPSA) is 29.5 Å². The standard InChI is InChI=1S/C13H17FO2/c1-9(2)11(8-15)6-10-4-5-13(16-3)12(14)7-10/h4-7,9,15H,8H2,1-3H3. The van der Waals surface area contributed by atoms with Crippen molar-refractivity contribution < 1.29 is 14.2 Å². The molecule has 0 saturated heterocycles. The maximum atomic E-state index is 13.4. The number of methoxy groups -OCH3 is 1. The first-order valence-corrected chi connectivity index (χ1v) is 5.23. The third-order valence-electron chi connectivity index (χ3n) is 2.45. The van der Waals surface area contributed by atoms with Crippen LogP contribution in [-0.2, 0) is 0 Å². The van der Waals surface area contributed by atoms with Gasteiger partial charge in [-0.25, -0.2) is 4.39 Å². The van der Waals surface area contributed by atoms with Crippen molar-refractivity contribution in [1.29, 1.82) is 0 Å². The highest BCUT2D eigenvalue weighted by molar-refractivity contribution is 5.54. The van der Waals surface area contributed by atoms with Crippen molar-refractivity contribution in [2.75, 3.05) is 13.7 Å². The highest BCUT2D eigenvalue weighted by Gasteiger charge is 2.05. The first-order chi connectivity index (χ1) is 7.58. The quantitative estimate of drug-likeness (QED) is 0.852. The van der Waals surface area contributed by atoms with Gasteiger partial charge in [0.15, 0.2) is 11.6 Å². The van der Waals surface area contributed by atoms with E-state index in [1.54, 1.807) is 18.2 Å². The average molecular weight is 224 g/mol. The summed E-state index contributed by atoms with van der Waals surface area (Å²) in [7, 11) is 1.43. The number of aliphatic hydroxyl groups excluding tert-OH is 1. The Morgan fingerprint density at radius 1 is 1.50 bits per heavy atom. The van der Waals surface area contributed by atoms with Crippen molar-refractivity contribution >= 4 is 6.08 Å². The molecular formula is C13H17FO2. The first kappa shape index (κ1) is 12.7. The molecule has 0 heterocycles. The second kappa shape index (κ2) is 5.66. The maximum Gasteiger partial charge on any atom is 0.165 e. The zero-order chi connectivity index (χ0) is 12.1. The van der Waals surface area contributed by atoms with Crippen LogP contribution in [-0.4, -0.2) is 18.8 Å². The van der Waals surface area contributed by atoms with Crippen molar-refractivity contribution in [1.82, 2.24) is 0 Å². The number of hydrogen-bond donors (Lipinski definition) is 1. The summed E-state index contributed by atoms with van der Waals surface area (Å²) in [5, 5.41) is 9.14. The Kier molecular flexibility index (Phi) is 4.50. The van der Waals surface area contributed by atoms with Crippen LogP contribution in [0.15, 0.2) is 23.8 Å². The lowest BCUT2D eigenvalue weighted by molar-refractivity contribution is 0.320. The largest absolute Gasteiger partial charge is 0.494 e. The van der Waals surface area contributed by atoms with E-state index in [0.29, 0.717) is 0 Å². The van der Waals surface area contributed by atoms with Crippen LogP contribution in [0.25, 0.3) is 6.08 Å². The number of rotatable bonds is 4. The molecule has 1 rings (SSSR count). The van der Waals surface area contributed by atoms with Gasteiger partial charge in [-0.15, -0.1) is 0 Å². The third kappa shape index (κ3) is 3.07. The molecule has 0 atom stereocenters. The van der Waals surface area contributed by atoms with Crippen LogP contribution < -0.4 is 4.74 Å². The second-order valence-corrected chi connectivity index (χ2v) is 3.93. The van der Waals surface area contributed by atoms with Crippen LogP contribution in [0.1, 0.15) is 19.4 Å². The average Bonchev–Trinajstić information content (AvgIpc) is 2.25. The molecule has 1 aromatic rings. The molecule has 0 saturated carbocycles. The highest BCUT2D eigenvalue weighted by atomic mass is 19.1. The molecule has 0 aliphatic heterocycles. The molecule has 0 amide bonds. The van der Waals surface area contributed by atoms with Gasteiger partial charge >= 0.3 is 0 Å². The van der Waals surface area contributed by atoms with Crippen molar-refractivity contribution in [3.05, 3.63) is 35.2 Å². The Morgan fingerprint density at radius 3 is 2.62 bits per heavy atom. The smallest absolute Gasteiger partial charge is 0.165 e. The fourth-order valence-corrected chi connectivity index (χ4v) is 1.38. The highest BCUT2D eigenvalue weighted by Crippen LogP contribution is 2.20. The van der Waals surface area contributed by atoms with Crippen LogP contribution in [0.3, 0.4) is 0 Å². The summed E-state index contributed by atoms with van der Waals surface area (Å²) < 4.78 is 18.2. The van der Waals surface area contributed by atoms with E-state index in [9.17, 15) is 4.39 Å². The van der Waals surface area contributed by atoms with Gasteiger partial charge in [0.2, 0.25) is 0 Å². The minimum absolute atomic E-state index is 0.00862. The first-order valence-electron chi connectivity index (χ1n) is 5.23. The second-order valence-electron chi connectivity index (χ2n) is 3.93. The molecule has 0 unspecified atom stereocenters. The van der Waals surface area contributed by atoms with Gasteiger partial charge in [0.05, 0.1) is 13.7 Å². The zero-order valence-electron chi connectivity index (χ0n) is 9.83. The number of benzene rings is 1.